The van der Waals surface area contributed by atoms with Crippen LogP contribution in [0.3, 0.4) is 0 Å². The molecular weight excluding hydrogens is 334 g/mol. The Morgan fingerprint density at radius 2 is 1.67 bits per heavy atom. The number of aryl methyl sites for hydroxylation is 3. The topological polar surface area (TPSA) is 38.3 Å². The van der Waals surface area contributed by atoms with E-state index in [1.54, 1.807) is 7.11 Å². The minimum absolute atomic E-state index is 0.0247. The molecule has 0 aromatic heterocycles. The molecule has 146 valence electrons. The number of carbonyl (C=O) groups is 1. The highest BCUT2D eigenvalue weighted by Gasteiger charge is 2.16. The van der Waals surface area contributed by atoms with Gasteiger partial charge in [0.1, 0.15) is 5.75 Å². The average Bonchev–Trinajstić information content (AvgIpc) is 2.66. The Kier molecular flexibility index (Phi) is 7.46. The van der Waals surface area contributed by atoms with Gasteiger partial charge in [-0.15, -0.1) is 0 Å². The van der Waals surface area contributed by atoms with Crippen LogP contribution in [0.1, 0.15) is 73.9 Å². The SMILES string of the molecule is CCc1ccc(CCC(=O)N[C@@H](C)c2cc(C(C)C)c(OC)cc2C)cc1. The minimum Gasteiger partial charge on any atom is -0.496 e. The molecule has 3 heteroatoms. The van der Waals surface area contributed by atoms with Gasteiger partial charge in [0, 0.05) is 6.42 Å². The molecule has 0 saturated carbocycles. The fraction of sp³-hybridized carbons (Fsp3) is 0.458. The molecule has 2 rings (SSSR count). The monoisotopic (exact) mass is 367 g/mol. The van der Waals surface area contributed by atoms with Crippen molar-refractivity contribution in [2.75, 3.05) is 7.11 Å². The number of methoxy groups -OCH3 is 1. The van der Waals surface area contributed by atoms with Crippen molar-refractivity contribution in [3.63, 3.8) is 0 Å². The first-order valence-corrected chi connectivity index (χ1v) is 9.91. The Morgan fingerprint density at radius 1 is 1.04 bits per heavy atom. The summed E-state index contributed by atoms with van der Waals surface area (Å²) in [6.07, 6.45) is 2.31. The van der Waals surface area contributed by atoms with Crippen LogP contribution in [-0.4, -0.2) is 13.0 Å². The molecule has 0 radical (unpaired) electrons. The van der Waals surface area contributed by atoms with Crippen molar-refractivity contribution in [3.05, 3.63) is 64.2 Å². The van der Waals surface area contributed by atoms with Crippen molar-refractivity contribution in [2.45, 2.75) is 65.8 Å². The lowest BCUT2D eigenvalue weighted by molar-refractivity contribution is -0.121. The number of rotatable bonds is 8. The fourth-order valence-electron chi connectivity index (χ4n) is 3.40. The average molecular weight is 368 g/mol. The summed E-state index contributed by atoms with van der Waals surface area (Å²) in [5, 5.41) is 3.15. The van der Waals surface area contributed by atoms with Crippen LogP contribution in [-0.2, 0) is 17.6 Å². The van der Waals surface area contributed by atoms with E-state index >= 15 is 0 Å². The first-order valence-electron chi connectivity index (χ1n) is 9.91. The third-order valence-electron chi connectivity index (χ3n) is 5.16. The molecule has 0 aliphatic carbocycles. The van der Waals surface area contributed by atoms with Crippen molar-refractivity contribution in [3.8, 4) is 5.75 Å². The predicted molar refractivity (Wildman–Crippen MR) is 113 cm³/mol. The van der Waals surface area contributed by atoms with Crippen LogP contribution in [0, 0.1) is 6.92 Å². The minimum atomic E-state index is -0.0247. The van der Waals surface area contributed by atoms with Crippen molar-refractivity contribution in [1.29, 1.82) is 0 Å². The quantitative estimate of drug-likeness (QED) is 0.669. The van der Waals surface area contributed by atoms with Gasteiger partial charge in [-0.2, -0.15) is 0 Å². The van der Waals surface area contributed by atoms with Crippen LogP contribution >= 0.6 is 0 Å². The highest BCUT2D eigenvalue weighted by atomic mass is 16.5. The van der Waals surface area contributed by atoms with Crippen LogP contribution in [0.25, 0.3) is 0 Å². The number of carbonyl (C=O) groups excluding carboxylic acids is 1. The van der Waals surface area contributed by atoms with Crippen LogP contribution in [0.2, 0.25) is 0 Å². The van der Waals surface area contributed by atoms with Crippen molar-refractivity contribution in [2.24, 2.45) is 0 Å². The van der Waals surface area contributed by atoms with Crippen LogP contribution in [0.4, 0.5) is 0 Å². The molecule has 0 bridgehead atoms. The lowest BCUT2D eigenvalue weighted by Crippen LogP contribution is -2.27. The number of hydrogen-bond donors (Lipinski definition) is 1. The highest BCUT2D eigenvalue weighted by Crippen LogP contribution is 2.32. The second-order valence-corrected chi connectivity index (χ2v) is 7.56. The lowest BCUT2D eigenvalue weighted by atomic mass is 9.93. The van der Waals surface area contributed by atoms with E-state index in [1.807, 2.05) is 6.92 Å². The van der Waals surface area contributed by atoms with Crippen molar-refractivity contribution in [1.82, 2.24) is 5.32 Å². The summed E-state index contributed by atoms with van der Waals surface area (Å²) < 4.78 is 5.52. The third-order valence-corrected chi connectivity index (χ3v) is 5.16. The largest absolute Gasteiger partial charge is 0.496 e. The Balaban J connectivity index is 2.01. The summed E-state index contributed by atoms with van der Waals surface area (Å²) in [5.41, 5.74) is 6.00. The molecule has 3 nitrogen and oxygen atoms in total. The van der Waals surface area contributed by atoms with Gasteiger partial charge >= 0.3 is 0 Å². The first-order chi connectivity index (χ1) is 12.8. The summed E-state index contributed by atoms with van der Waals surface area (Å²) in [6, 6.07) is 12.8. The zero-order chi connectivity index (χ0) is 20.0. The third kappa shape index (κ3) is 5.59. The smallest absolute Gasteiger partial charge is 0.220 e. The Bertz CT molecular complexity index is 763. The van der Waals surface area contributed by atoms with Gasteiger partial charge in [-0.3, -0.25) is 4.79 Å². The van der Waals surface area contributed by atoms with E-state index in [0.29, 0.717) is 12.3 Å². The van der Waals surface area contributed by atoms with Crippen molar-refractivity contribution < 1.29 is 9.53 Å². The van der Waals surface area contributed by atoms with Crippen LogP contribution < -0.4 is 10.1 Å². The predicted octanol–water partition coefficient (Wildman–Crippen LogP) is 5.50. The first kappa shape index (κ1) is 21.0. The molecule has 0 fully saturated rings. The van der Waals surface area contributed by atoms with E-state index < -0.39 is 0 Å². The number of amides is 1. The van der Waals surface area contributed by atoms with E-state index in [4.69, 9.17) is 4.74 Å². The molecule has 0 aliphatic rings. The maximum atomic E-state index is 12.4. The fourth-order valence-corrected chi connectivity index (χ4v) is 3.40. The van der Waals surface area contributed by atoms with E-state index in [9.17, 15) is 4.79 Å². The second kappa shape index (κ2) is 9.59. The number of ether oxygens (including phenoxy) is 1. The van der Waals surface area contributed by atoms with Crippen LogP contribution in [0.15, 0.2) is 36.4 Å². The van der Waals surface area contributed by atoms with E-state index in [0.717, 1.165) is 29.7 Å². The molecule has 0 heterocycles. The van der Waals surface area contributed by atoms with Gasteiger partial charge < -0.3 is 10.1 Å². The molecule has 0 unspecified atom stereocenters. The normalized spacial score (nSPS) is 12.1. The lowest BCUT2D eigenvalue weighted by Gasteiger charge is -2.21. The van der Waals surface area contributed by atoms with Crippen LogP contribution in [0.5, 0.6) is 5.75 Å². The molecule has 2 aromatic rings. The van der Waals surface area contributed by atoms with Gasteiger partial charge in [-0.25, -0.2) is 0 Å². The maximum absolute atomic E-state index is 12.4. The summed E-state index contributed by atoms with van der Waals surface area (Å²) >= 11 is 0. The zero-order valence-electron chi connectivity index (χ0n) is 17.6. The van der Waals surface area contributed by atoms with E-state index in [-0.39, 0.29) is 11.9 Å². The molecule has 1 atom stereocenters. The maximum Gasteiger partial charge on any atom is 0.220 e. The van der Waals surface area contributed by atoms with Gasteiger partial charge in [-0.1, -0.05) is 45.0 Å². The Morgan fingerprint density at radius 3 is 2.22 bits per heavy atom. The molecule has 1 amide bonds. The molecule has 0 aliphatic heterocycles. The van der Waals surface area contributed by atoms with Gasteiger partial charge in [0.2, 0.25) is 5.91 Å². The van der Waals surface area contributed by atoms with Crippen molar-refractivity contribution >= 4 is 5.91 Å². The molecule has 0 spiro atoms. The van der Waals surface area contributed by atoms with E-state index in [1.165, 1.54) is 16.7 Å². The summed E-state index contributed by atoms with van der Waals surface area (Å²) in [6.45, 7) is 10.6. The molecule has 1 N–H and O–H groups in total. The number of nitrogens with one attached hydrogen (secondary N) is 1. The number of hydrogen-bond acceptors (Lipinski definition) is 2. The van der Waals surface area contributed by atoms with Gasteiger partial charge in [0.15, 0.2) is 0 Å². The van der Waals surface area contributed by atoms with Gasteiger partial charge in [-0.05, 0) is 72.6 Å². The summed E-state index contributed by atoms with van der Waals surface area (Å²) in [5.74, 6) is 1.37. The molecule has 27 heavy (non-hydrogen) atoms. The van der Waals surface area contributed by atoms with Gasteiger partial charge in [0.05, 0.1) is 13.2 Å². The van der Waals surface area contributed by atoms with E-state index in [2.05, 4.69) is 69.4 Å². The zero-order valence-corrected chi connectivity index (χ0v) is 17.6. The highest BCUT2D eigenvalue weighted by molar-refractivity contribution is 5.76. The summed E-state index contributed by atoms with van der Waals surface area (Å²) in [7, 11) is 1.71. The molecule has 0 saturated heterocycles. The second-order valence-electron chi connectivity index (χ2n) is 7.56. The Hall–Kier alpha value is -2.29. The number of benzene rings is 2. The molecular formula is C24H33NO2. The van der Waals surface area contributed by atoms with Gasteiger partial charge in [0.25, 0.3) is 0 Å². The summed E-state index contributed by atoms with van der Waals surface area (Å²) in [4.78, 5) is 12.4. The Labute approximate surface area is 164 Å². The standard InChI is InChI=1S/C24H33NO2/c1-7-19-8-10-20(11-9-19)12-13-24(26)25-18(5)22-15-21(16(2)3)23(27-6)14-17(22)4/h8-11,14-16,18H,7,12-13H2,1-6H3,(H,25,26)/t18-/m0/s1. The molecule has 2 aromatic carbocycles.